The van der Waals surface area contributed by atoms with Gasteiger partial charge in [-0.1, -0.05) is 26.0 Å². The van der Waals surface area contributed by atoms with E-state index in [1.54, 1.807) is 19.2 Å². The summed E-state index contributed by atoms with van der Waals surface area (Å²) in [4.78, 5) is 25.2. The van der Waals surface area contributed by atoms with Crippen LogP contribution in [0.15, 0.2) is 36.4 Å². The molecule has 6 heteroatoms. The Labute approximate surface area is 178 Å². The van der Waals surface area contributed by atoms with Crippen molar-refractivity contribution in [2.24, 2.45) is 5.92 Å². The molecule has 6 nitrogen and oxygen atoms in total. The van der Waals surface area contributed by atoms with Gasteiger partial charge in [0.15, 0.2) is 0 Å². The van der Waals surface area contributed by atoms with Crippen LogP contribution in [-0.2, 0) is 16.0 Å². The predicted octanol–water partition coefficient (Wildman–Crippen LogP) is 4.07. The van der Waals surface area contributed by atoms with Gasteiger partial charge in [-0.2, -0.15) is 0 Å². The smallest absolute Gasteiger partial charge is 0.247 e. The van der Waals surface area contributed by atoms with Gasteiger partial charge in [-0.3, -0.25) is 9.59 Å². The number of nitrogens with one attached hydrogen (secondary N) is 1. The van der Waals surface area contributed by atoms with E-state index in [1.807, 2.05) is 52.0 Å². The van der Waals surface area contributed by atoms with Gasteiger partial charge in [0.05, 0.1) is 6.61 Å². The third kappa shape index (κ3) is 6.24. The Bertz CT molecular complexity index is 839. The van der Waals surface area contributed by atoms with Crippen LogP contribution >= 0.6 is 0 Å². The number of aromatic hydroxyl groups is 1. The maximum Gasteiger partial charge on any atom is 0.247 e. The summed E-state index contributed by atoms with van der Waals surface area (Å²) in [6.45, 7) is 8.31. The van der Waals surface area contributed by atoms with Crippen molar-refractivity contribution >= 4 is 18.0 Å². The summed E-state index contributed by atoms with van der Waals surface area (Å²) in [7, 11) is 1.61. The van der Waals surface area contributed by atoms with E-state index >= 15 is 0 Å². The molecule has 30 heavy (non-hydrogen) atoms. The van der Waals surface area contributed by atoms with Crippen molar-refractivity contribution < 1.29 is 19.4 Å². The lowest BCUT2D eigenvalue weighted by atomic mass is 10.0. The molecule has 0 spiro atoms. The van der Waals surface area contributed by atoms with E-state index in [2.05, 4.69) is 5.32 Å². The van der Waals surface area contributed by atoms with Crippen molar-refractivity contribution in [3.63, 3.8) is 0 Å². The van der Waals surface area contributed by atoms with Gasteiger partial charge >= 0.3 is 0 Å². The summed E-state index contributed by atoms with van der Waals surface area (Å²) in [5.74, 6) is 0.884. The van der Waals surface area contributed by atoms with Crippen LogP contribution in [0, 0.1) is 19.8 Å². The van der Waals surface area contributed by atoms with Crippen LogP contribution in [0.25, 0.3) is 0 Å². The van der Waals surface area contributed by atoms with Gasteiger partial charge in [-0.15, -0.1) is 0 Å². The summed E-state index contributed by atoms with van der Waals surface area (Å²) in [6.07, 6.45) is 2.40. The van der Waals surface area contributed by atoms with Crippen molar-refractivity contribution in [3.05, 3.63) is 53.1 Å². The van der Waals surface area contributed by atoms with Crippen LogP contribution in [0.2, 0.25) is 0 Å². The minimum atomic E-state index is -0.529. The van der Waals surface area contributed by atoms with Gasteiger partial charge in [-0.05, 0) is 73.6 Å². The molecule has 1 atom stereocenters. The highest BCUT2D eigenvalue weighted by molar-refractivity contribution is 5.96. The Morgan fingerprint density at radius 2 is 1.77 bits per heavy atom. The topological polar surface area (TPSA) is 78.9 Å². The molecule has 0 aromatic heterocycles. The fourth-order valence-corrected chi connectivity index (χ4v) is 3.60. The molecule has 2 rings (SSSR count). The van der Waals surface area contributed by atoms with Crippen LogP contribution in [0.4, 0.5) is 5.69 Å². The fourth-order valence-electron chi connectivity index (χ4n) is 3.60. The molecule has 0 fully saturated rings. The van der Waals surface area contributed by atoms with Gasteiger partial charge in [0.2, 0.25) is 12.3 Å². The Morgan fingerprint density at radius 3 is 2.30 bits per heavy atom. The van der Waals surface area contributed by atoms with Crippen molar-refractivity contribution in [1.29, 1.82) is 0 Å². The van der Waals surface area contributed by atoms with Gasteiger partial charge < -0.3 is 20.1 Å². The molecule has 0 saturated carbocycles. The number of hydrogen-bond acceptors (Lipinski definition) is 4. The lowest BCUT2D eigenvalue weighted by molar-refractivity contribution is -0.130. The number of carbonyl (C=O) groups excluding carboxylic acids is 2. The number of aryl methyl sites for hydroxylation is 3. The summed E-state index contributed by atoms with van der Waals surface area (Å²) < 4.78 is 6.00. The van der Waals surface area contributed by atoms with E-state index in [1.165, 1.54) is 4.90 Å². The first kappa shape index (κ1) is 23.3. The number of amides is 2. The van der Waals surface area contributed by atoms with Gasteiger partial charge in [-0.25, -0.2) is 0 Å². The third-order valence-electron chi connectivity index (χ3n) is 5.03. The quantitative estimate of drug-likeness (QED) is 0.455. The SMILES string of the molecule is Cc1cc(NC(=O)[C@H](C(C)C)N(C)C=O)cc(C)c1OCCCc1ccc(O)cc1. The van der Waals surface area contributed by atoms with Gasteiger partial charge in [0.25, 0.3) is 0 Å². The number of phenolic OH excluding ortho intramolecular Hbond substituents is 1. The molecule has 2 amide bonds. The fraction of sp³-hybridized carbons (Fsp3) is 0.417. The van der Waals surface area contributed by atoms with E-state index in [4.69, 9.17) is 4.74 Å². The molecular formula is C24H32N2O4. The number of ether oxygens (including phenoxy) is 1. The maximum atomic E-state index is 12.7. The third-order valence-corrected chi connectivity index (χ3v) is 5.03. The zero-order chi connectivity index (χ0) is 22.3. The summed E-state index contributed by atoms with van der Waals surface area (Å²) in [5, 5.41) is 12.3. The maximum absolute atomic E-state index is 12.7. The molecular weight excluding hydrogens is 380 g/mol. The van der Waals surface area contributed by atoms with Crippen LogP contribution in [0.1, 0.15) is 37.0 Å². The average molecular weight is 413 g/mol. The van der Waals surface area contributed by atoms with Crippen LogP contribution < -0.4 is 10.1 Å². The standard InChI is InChI=1S/C24H32N2O4/c1-16(2)22(26(5)15-27)24(29)25-20-13-17(3)23(18(4)14-20)30-12-6-7-19-8-10-21(28)11-9-19/h8-11,13-16,22,28H,6-7,12H2,1-5H3,(H,25,29)/t22-/m0/s1. The summed E-state index contributed by atoms with van der Waals surface area (Å²) in [6, 6.07) is 10.4. The Morgan fingerprint density at radius 1 is 1.17 bits per heavy atom. The molecule has 0 saturated heterocycles. The second kappa shape index (κ2) is 10.7. The van der Waals surface area contributed by atoms with E-state index < -0.39 is 6.04 Å². The number of anilines is 1. The Hall–Kier alpha value is -3.02. The highest BCUT2D eigenvalue weighted by Gasteiger charge is 2.26. The van der Waals surface area contributed by atoms with E-state index in [0.29, 0.717) is 18.7 Å². The second-order valence-corrected chi connectivity index (χ2v) is 8.01. The molecule has 2 aromatic carbocycles. The number of rotatable bonds is 10. The van der Waals surface area contributed by atoms with E-state index in [0.717, 1.165) is 35.3 Å². The number of phenols is 1. The van der Waals surface area contributed by atoms with E-state index in [-0.39, 0.29) is 17.6 Å². The molecule has 0 aliphatic carbocycles. The van der Waals surface area contributed by atoms with Crippen molar-refractivity contribution in [1.82, 2.24) is 4.90 Å². The molecule has 162 valence electrons. The normalized spacial score (nSPS) is 11.8. The highest BCUT2D eigenvalue weighted by atomic mass is 16.5. The average Bonchev–Trinajstić information content (AvgIpc) is 2.67. The number of nitrogens with zero attached hydrogens (tertiary/aromatic N) is 1. The summed E-state index contributed by atoms with van der Waals surface area (Å²) in [5.41, 5.74) is 3.74. The predicted molar refractivity (Wildman–Crippen MR) is 119 cm³/mol. The Balaban J connectivity index is 1.98. The van der Waals surface area contributed by atoms with Crippen LogP contribution in [0.3, 0.4) is 0 Å². The minimum absolute atomic E-state index is 0.00131. The zero-order valence-electron chi connectivity index (χ0n) is 18.4. The van der Waals surface area contributed by atoms with Gasteiger partial charge in [0.1, 0.15) is 17.5 Å². The van der Waals surface area contributed by atoms with Crippen LogP contribution in [-0.4, -0.2) is 42.0 Å². The minimum Gasteiger partial charge on any atom is -0.508 e. The summed E-state index contributed by atoms with van der Waals surface area (Å²) >= 11 is 0. The monoisotopic (exact) mass is 412 g/mol. The van der Waals surface area contributed by atoms with Gasteiger partial charge in [0, 0.05) is 12.7 Å². The first-order valence-electron chi connectivity index (χ1n) is 10.2. The lowest BCUT2D eigenvalue weighted by Crippen LogP contribution is -2.44. The molecule has 0 aliphatic heterocycles. The molecule has 0 unspecified atom stereocenters. The lowest BCUT2D eigenvalue weighted by Gasteiger charge is -2.27. The molecule has 0 radical (unpaired) electrons. The van der Waals surface area contributed by atoms with Crippen molar-refractivity contribution in [2.75, 3.05) is 19.0 Å². The van der Waals surface area contributed by atoms with Crippen molar-refractivity contribution in [3.8, 4) is 11.5 Å². The number of hydrogen-bond donors (Lipinski definition) is 2. The Kier molecular flexibility index (Phi) is 8.27. The zero-order valence-corrected chi connectivity index (χ0v) is 18.4. The molecule has 0 bridgehead atoms. The number of carbonyl (C=O) groups is 2. The molecule has 2 aromatic rings. The molecule has 0 heterocycles. The number of benzene rings is 2. The van der Waals surface area contributed by atoms with E-state index in [9.17, 15) is 14.7 Å². The molecule has 2 N–H and O–H groups in total. The van der Waals surface area contributed by atoms with Crippen LogP contribution in [0.5, 0.6) is 11.5 Å². The second-order valence-electron chi connectivity index (χ2n) is 8.01. The first-order chi connectivity index (χ1) is 14.2. The largest absolute Gasteiger partial charge is 0.508 e. The number of likely N-dealkylation sites (N-methyl/N-ethyl adjacent to an activating group) is 1. The van der Waals surface area contributed by atoms with Crippen molar-refractivity contribution in [2.45, 2.75) is 46.6 Å². The molecule has 0 aliphatic rings. The highest BCUT2D eigenvalue weighted by Crippen LogP contribution is 2.28. The first-order valence-corrected chi connectivity index (χ1v) is 10.2.